The van der Waals surface area contributed by atoms with Crippen LogP contribution in [0.1, 0.15) is 41.9 Å². The highest BCUT2D eigenvalue weighted by Crippen LogP contribution is 2.43. The van der Waals surface area contributed by atoms with Gasteiger partial charge in [-0.3, -0.25) is 19.7 Å². The summed E-state index contributed by atoms with van der Waals surface area (Å²) in [5.41, 5.74) is 2.12. The van der Waals surface area contributed by atoms with Gasteiger partial charge in [-0.1, -0.05) is 42.1 Å². The molecule has 1 aromatic heterocycles. The number of anilines is 1. The number of thioether (sulfide) groups is 1. The van der Waals surface area contributed by atoms with Gasteiger partial charge in [-0.2, -0.15) is 0 Å². The fraction of sp³-hybridized carbons (Fsp3) is 0.208. The van der Waals surface area contributed by atoms with E-state index in [9.17, 15) is 24.1 Å². The van der Waals surface area contributed by atoms with Crippen molar-refractivity contribution in [2.24, 2.45) is 0 Å². The number of non-ortho nitro benzene ring substituents is 1. The van der Waals surface area contributed by atoms with Gasteiger partial charge in [0.25, 0.3) is 11.2 Å². The van der Waals surface area contributed by atoms with Crippen LogP contribution in [0.5, 0.6) is 0 Å². The maximum absolute atomic E-state index is 14.0. The number of H-pyrrole nitrogens is 1. The second kappa shape index (κ2) is 8.86. The third-order valence-electron chi connectivity index (χ3n) is 6.00. The molecule has 0 saturated carbocycles. The van der Waals surface area contributed by atoms with Crippen LogP contribution in [-0.4, -0.2) is 20.7 Å². The normalized spacial score (nSPS) is 17.1. The van der Waals surface area contributed by atoms with Crippen LogP contribution in [-0.2, 0) is 10.5 Å². The largest absolute Gasteiger partial charge is 0.343 e. The number of carbonyl (C=O) groups is 1. The van der Waals surface area contributed by atoms with Crippen molar-refractivity contribution in [3.8, 4) is 0 Å². The topological polar surface area (TPSA) is 118 Å². The van der Waals surface area contributed by atoms with Crippen molar-refractivity contribution in [1.82, 2.24) is 9.97 Å². The van der Waals surface area contributed by atoms with E-state index < -0.39 is 16.4 Å². The molecular weight excluding hydrogens is 459 g/mol. The zero-order valence-corrected chi connectivity index (χ0v) is 18.7. The molecule has 2 N–H and O–H groups in total. The third-order valence-corrected chi connectivity index (χ3v) is 6.92. The summed E-state index contributed by atoms with van der Waals surface area (Å²) >= 11 is 1.20. The van der Waals surface area contributed by atoms with Crippen molar-refractivity contribution in [3.05, 3.63) is 103 Å². The molecule has 0 saturated heterocycles. The molecule has 1 atom stereocenters. The number of rotatable bonds is 5. The predicted molar refractivity (Wildman–Crippen MR) is 125 cm³/mol. The van der Waals surface area contributed by atoms with Crippen LogP contribution in [0.4, 0.5) is 15.9 Å². The molecule has 0 amide bonds. The Bertz CT molecular complexity index is 1400. The minimum Gasteiger partial charge on any atom is -0.343 e. The van der Waals surface area contributed by atoms with Crippen molar-refractivity contribution < 1.29 is 14.1 Å². The molecule has 1 aliphatic carbocycles. The van der Waals surface area contributed by atoms with E-state index in [1.807, 2.05) is 0 Å². The van der Waals surface area contributed by atoms with E-state index in [4.69, 9.17) is 0 Å². The van der Waals surface area contributed by atoms with E-state index in [-0.39, 0.29) is 28.6 Å². The fourth-order valence-corrected chi connectivity index (χ4v) is 5.24. The number of halogens is 1. The second-order valence-electron chi connectivity index (χ2n) is 8.09. The van der Waals surface area contributed by atoms with Crippen molar-refractivity contribution in [3.63, 3.8) is 0 Å². The van der Waals surface area contributed by atoms with Crippen molar-refractivity contribution in [1.29, 1.82) is 0 Å². The first-order valence-corrected chi connectivity index (χ1v) is 11.7. The Morgan fingerprint density at radius 2 is 1.88 bits per heavy atom. The summed E-state index contributed by atoms with van der Waals surface area (Å²) in [6.07, 6.45) is 1.70. The predicted octanol–water partition coefficient (Wildman–Crippen LogP) is 4.67. The number of ketones is 1. The molecular formula is C24H19FN4O4S. The van der Waals surface area contributed by atoms with Gasteiger partial charge in [0.15, 0.2) is 10.9 Å². The molecule has 0 radical (unpaired) electrons. The van der Waals surface area contributed by atoms with Crippen LogP contribution in [0.25, 0.3) is 0 Å². The highest BCUT2D eigenvalue weighted by atomic mass is 32.2. The molecule has 2 aromatic carbocycles. The second-order valence-corrected chi connectivity index (χ2v) is 9.05. The van der Waals surface area contributed by atoms with Gasteiger partial charge in [0.1, 0.15) is 11.6 Å². The highest BCUT2D eigenvalue weighted by molar-refractivity contribution is 7.98. The summed E-state index contributed by atoms with van der Waals surface area (Å²) < 4.78 is 14.0. The molecule has 2 aliphatic rings. The maximum Gasteiger partial charge on any atom is 0.269 e. The van der Waals surface area contributed by atoms with Crippen LogP contribution in [0.3, 0.4) is 0 Å². The SMILES string of the molecule is O=C1CCCC2=C1C(c1ccc([N+](=O)[O-])cc1)c1c(nc(SCc3ccccc3F)[nH]c1=O)N2. The highest BCUT2D eigenvalue weighted by Gasteiger charge is 2.38. The standard InChI is InChI=1S/C24H19FN4O4S/c25-16-5-2-1-4-14(16)12-34-24-27-22-21(23(31)28-24)19(13-8-10-15(11-9-13)29(32)33)20-17(26-22)6-3-7-18(20)30/h1-2,4-5,8-11,19H,3,6-7,12H2,(H2,26,27,28,31). The number of carbonyl (C=O) groups excluding carboxylic acids is 1. The molecule has 34 heavy (non-hydrogen) atoms. The van der Waals surface area contributed by atoms with Gasteiger partial charge in [-0.25, -0.2) is 9.37 Å². The van der Waals surface area contributed by atoms with Crippen molar-refractivity contribution in [2.75, 3.05) is 5.32 Å². The number of benzene rings is 2. The minimum absolute atomic E-state index is 0.0554. The number of nitrogens with one attached hydrogen (secondary N) is 2. The molecule has 1 unspecified atom stereocenters. The first-order valence-electron chi connectivity index (χ1n) is 10.7. The van der Waals surface area contributed by atoms with E-state index in [1.165, 1.54) is 30.0 Å². The number of hydrogen-bond donors (Lipinski definition) is 2. The van der Waals surface area contributed by atoms with Gasteiger partial charge >= 0.3 is 0 Å². The van der Waals surface area contributed by atoms with E-state index >= 15 is 0 Å². The Kier molecular flexibility index (Phi) is 5.74. The van der Waals surface area contributed by atoms with Crippen molar-refractivity contribution in [2.45, 2.75) is 36.1 Å². The van der Waals surface area contributed by atoms with Crippen molar-refractivity contribution >= 4 is 29.1 Å². The lowest BCUT2D eigenvalue weighted by molar-refractivity contribution is -0.384. The Balaban J connectivity index is 1.56. The molecule has 2 heterocycles. The lowest BCUT2D eigenvalue weighted by Crippen LogP contribution is -2.32. The van der Waals surface area contributed by atoms with Gasteiger partial charge in [0.2, 0.25) is 0 Å². The quantitative estimate of drug-likeness (QED) is 0.237. The average molecular weight is 479 g/mol. The zero-order chi connectivity index (χ0) is 23.8. The van der Waals surface area contributed by atoms with Gasteiger partial charge < -0.3 is 10.3 Å². The molecule has 0 bridgehead atoms. The summed E-state index contributed by atoms with van der Waals surface area (Å²) in [5.74, 6) is -0.437. The smallest absolute Gasteiger partial charge is 0.269 e. The molecule has 10 heteroatoms. The van der Waals surface area contributed by atoms with Gasteiger partial charge in [0.05, 0.1) is 10.5 Å². The Morgan fingerprint density at radius 1 is 1.12 bits per heavy atom. The zero-order valence-electron chi connectivity index (χ0n) is 17.8. The van der Waals surface area contributed by atoms with E-state index in [0.29, 0.717) is 46.9 Å². The van der Waals surface area contributed by atoms with E-state index in [2.05, 4.69) is 15.3 Å². The maximum atomic E-state index is 14.0. The Morgan fingerprint density at radius 3 is 2.62 bits per heavy atom. The van der Waals surface area contributed by atoms with Gasteiger partial charge in [-0.15, -0.1) is 0 Å². The summed E-state index contributed by atoms with van der Waals surface area (Å²) in [6.45, 7) is 0. The van der Waals surface area contributed by atoms with Crippen LogP contribution in [0.2, 0.25) is 0 Å². The van der Waals surface area contributed by atoms with E-state index in [0.717, 1.165) is 5.70 Å². The lowest BCUT2D eigenvalue weighted by Gasteiger charge is -2.32. The molecule has 0 fully saturated rings. The number of aromatic nitrogens is 2. The number of hydrogen-bond acceptors (Lipinski definition) is 7. The number of nitro groups is 1. The summed E-state index contributed by atoms with van der Waals surface area (Å²) in [5, 5.41) is 14.6. The van der Waals surface area contributed by atoms with Crippen LogP contribution >= 0.6 is 11.8 Å². The molecule has 0 spiro atoms. The Hall–Kier alpha value is -3.79. The number of Topliss-reactive ketones (excluding diaryl/α,β-unsaturated/α-hetero) is 1. The van der Waals surface area contributed by atoms with Gasteiger partial charge in [-0.05, 0) is 30.0 Å². The number of nitro benzene ring substituents is 1. The number of fused-ring (bicyclic) bond motifs is 1. The number of aromatic amines is 1. The summed E-state index contributed by atoms with van der Waals surface area (Å²) in [6, 6.07) is 12.3. The molecule has 1 aliphatic heterocycles. The van der Waals surface area contributed by atoms with Crippen LogP contribution in [0, 0.1) is 15.9 Å². The average Bonchev–Trinajstić information content (AvgIpc) is 2.82. The first kappa shape index (κ1) is 22.0. The third kappa shape index (κ3) is 4.01. The summed E-state index contributed by atoms with van der Waals surface area (Å²) in [4.78, 5) is 44.0. The minimum atomic E-state index is -0.679. The molecule has 8 nitrogen and oxygen atoms in total. The number of allylic oxidation sites excluding steroid dienone is 2. The van der Waals surface area contributed by atoms with Crippen LogP contribution in [0.15, 0.2) is 69.8 Å². The molecule has 5 rings (SSSR count). The Labute approximate surface area is 197 Å². The lowest BCUT2D eigenvalue weighted by atomic mass is 9.76. The number of nitrogens with zero attached hydrogens (tertiary/aromatic N) is 2. The van der Waals surface area contributed by atoms with E-state index in [1.54, 1.807) is 30.3 Å². The first-order chi connectivity index (χ1) is 16.4. The monoisotopic (exact) mass is 478 g/mol. The van der Waals surface area contributed by atoms with Crippen LogP contribution < -0.4 is 10.9 Å². The van der Waals surface area contributed by atoms with Gasteiger partial charge in [0, 0.05) is 41.5 Å². The molecule has 172 valence electrons. The summed E-state index contributed by atoms with van der Waals surface area (Å²) in [7, 11) is 0. The molecule has 3 aromatic rings. The fourth-order valence-electron chi connectivity index (χ4n) is 4.39.